The number of hydrogen-bond acceptors (Lipinski definition) is 5. The second kappa shape index (κ2) is 7.26. The normalized spacial score (nSPS) is 10.4. The van der Waals surface area contributed by atoms with E-state index in [-0.39, 0.29) is 6.61 Å². The van der Waals surface area contributed by atoms with Crippen LogP contribution in [-0.4, -0.2) is 40.0 Å². The van der Waals surface area contributed by atoms with Gasteiger partial charge >= 0.3 is 0 Å². The van der Waals surface area contributed by atoms with E-state index in [1.807, 2.05) is 11.8 Å². The summed E-state index contributed by atoms with van der Waals surface area (Å²) in [5.74, 6) is 3.51. The molecule has 8 heteroatoms. The fraction of sp³-hybridized carbons (Fsp3) is 0.429. The van der Waals surface area contributed by atoms with Crippen molar-refractivity contribution in [3.05, 3.63) is 0 Å². The molecule has 15 heavy (non-hydrogen) atoms. The number of rotatable bonds is 3. The van der Waals surface area contributed by atoms with Crippen LogP contribution in [-0.2, 0) is 24.4 Å². The second-order valence-corrected chi connectivity index (χ2v) is 5.21. The molecule has 0 aromatic rings. The molecule has 1 N–H and O–H groups in total. The monoisotopic (exact) mass is 254 g/mol. The maximum atomic E-state index is 10.5. The first-order valence-electron chi connectivity index (χ1n) is 3.29. The average molecular weight is 254 g/mol. The van der Waals surface area contributed by atoms with Crippen LogP contribution in [0.2, 0.25) is 0 Å². The molecule has 0 fully saturated rings. The van der Waals surface area contributed by atoms with Gasteiger partial charge in [0.2, 0.25) is 0 Å². The average Bonchev–Trinajstić information content (AvgIpc) is 1.97. The van der Waals surface area contributed by atoms with Crippen molar-refractivity contribution >= 4 is 20.2 Å². The lowest BCUT2D eigenvalue weighted by Gasteiger charge is -1.95. The fourth-order valence-corrected chi connectivity index (χ4v) is 0.803. The smallest absolute Gasteiger partial charge is 0.279 e. The maximum absolute atomic E-state index is 10.5. The Morgan fingerprint density at radius 3 is 1.87 bits per heavy atom. The van der Waals surface area contributed by atoms with Gasteiger partial charge in [-0.05, 0) is 0 Å². The summed E-state index contributed by atoms with van der Waals surface area (Å²) in [5.41, 5.74) is 0. The Kier molecular flexibility index (Phi) is 7.92. The molecule has 0 unspecified atom stereocenters. The Hall–Kier alpha value is -1.06. The van der Waals surface area contributed by atoms with Gasteiger partial charge < -0.3 is 0 Å². The summed E-state index contributed by atoms with van der Waals surface area (Å²) >= 11 is 0. The third-order valence-electron chi connectivity index (χ3n) is 0.582. The quantitative estimate of drug-likeness (QED) is 0.398. The Bertz CT molecular complexity index is 437. The standard InChI is InChI=1S/C6H6O3S.CH4O3S/c1-3-5-9-10(7,8)6-4-2;1-5(2,3)4/h1-2H,5-6H2;1H3,(H,2,3,4). The number of hydrogen-bond donors (Lipinski definition) is 1. The molecule has 0 radical (unpaired) electrons. The zero-order valence-corrected chi connectivity index (χ0v) is 9.51. The molecule has 0 aliphatic heterocycles. The van der Waals surface area contributed by atoms with Crippen molar-refractivity contribution in [2.45, 2.75) is 0 Å². The first kappa shape index (κ1) is 16.4. The molecule has 0 bridgehead atoms. The molecule has 0 aromatic heterocycles. The summed E-state index contributed by atoms with van der Waals surface area (Å²) < 4.78 is 51.1. The molecule has 6 nitrogen and oxygen atoms in total. The summed E-state index contributed by atoms with van der Waals surface area (Å²) in [6.07, 6.45) is 10.2. The van der Waals surface area contributed by atoms with Crippen LogP contribution in [0.25, 0.3) is 0 Å². The Balaban J connectivity index is 0. The van der Waals surface area contributed by atoms with Gasteiger partial charge in [-0.15, -0.1) is 12.8 Å². The predicted octanol–water partition coefficient (Wildman–Crippen LogP) is -0.897. The van der Waals surface area contributed by atoms with Gasteiger partial charge in [0, 0.05) is 0 Å². The molecule has 0 spiro atoms. The molecular formula is C7H10O6S2. The van der Waals surface area contributed by atoms with E-state index in [1.165, 1.54) is 0 Å². The van der Waals surface area contributed by atoms with Gasteiger partial charge in [-0.3, -0.25) is 8.74 Å². The molecule has 0 saturated carbocycles. The van der Waals surface area contributed by atoms with Gasteiger partial charge in [0.25, 0.3) is 20.2 Å². The van der Waals surface area contributed by atoms with E-state index >= 15 is 0 Å². The van der Waals surface area contributed by atoms with E-state index in [1.54, 1.807) is 0 Å². The van der Waals surface area contributed by atoms with Gasteiger partial charge in [-0.25, -0.2) is 0 Å². The third kappa shape index (κ3) is 24.6. The summed E-state index contributed by atoms with van der Waals surface area (Å²) in [7, 11) is -7.24. The highest BCUT2D eigenvalue weighted by atomic mass is 32.2. The van der Waals surface area contributed by atoms with E-state index in [0.717, 1.165) is 0 Å². The molecule has 0 aliphatic carbocycles. The summed E-state index contributed by atoms with van der Waals surface area (Å²) in [6.45, 7) is -0.260. The highest BCUT2D eigenvalue weighted by molar-refractivity contribution is 7.87. The van der Waals surface area contributed by atoms with Crippen LogP contribution >= 0.6 is 0 Å². The van der Waals surface area contributed by atoms with Crippen LogP contribution in [0.3, 0.4) is 0 Å². The summed E-state index contributed by atoms with van der Waals surface area (Å²) in [4.78, 5) is 0. The molecule has 0 saturated heterocycles. The van der Waals surface area contributed by atoms with Crippen LogP contribution in [0.5, 0.6) is 0 Å². The van der Waals surface area contributed by atoms with E-state index in [9.17, 15) is 16.8 Å². The zero-order chi connectivity index (χ0) is 12.5. The first-order valence-corrected chi connectivity index (χ1v) is 6.71. The molecule has 0 aliphatic rings. The lowest BCUT2D eigenvalue weighted by molar-refractivity contribution is 0.366. The van der Waals surface area contributed by atoms with Crippen molar-refractivity contribution in [3.8, 4) is 24.7 Å². The van der Waals surface area contributed by atoms with Gasteiger partial charge in [-0.1, -0.05) is 11.8 Å². The minimum absolute atomic E-state index is 0.260. The van der Waals surface area contributed by atoms with Crippen molar-refractivity contribution < 1.29 is 25.6 Å². The van der Waals surface area contributed by atoms with E-state index in [4.69, 9.17) is 17.4 Å². The molecule has 0 aromatic carbocycles. The van der Waals surface area contributed by atoms with Crippen LogP contribution in [0.15, 0.2) is 0 Å². The highest BCUT2D eigenvalue weighted by Gasteiger charge is 2.06. The van der Waals surface area contributed by atoms with Crippen molar-refractivity contribution in [1.29, 1.82) is 0 Å². The van der Waals surface area contributed by atoms with Gasteiger partial charge in [0.05, 0.1) is 6.26 Å². The first-order chi connectivity index (χ1) is 6.62. The van der Waals surface area contributed by atoms with Crippen LogP contribution in [0, 0.1) is 24.7 Å². The van der Waals surface area contributed by atoms with Crippen molar-refractivity contribution in [2.75, 3.05) is 18.6 Å². The summed E-state index contributed by atoms with van der Waals surface area (Å²) in [5, 5.41) is 0. The topological polar surface area (TPSA) is 97.7 Å². The highest BCUT2D eigenvalue weighted by Crippen LogP contribution is 1.89. The van der Waals surface area contributed by atoms with Crippen LogP contribution in [0.1, 0.15) is 0 Å². The number of terminal acetylenes is 2. The van der Waals surface area contributed by atoms with Crippen LogP contribution in [0.4, 0.5) is 0 Å². The molecule has 0 atom stereocenters. The zero-order valence-electron chi connectivity index (χ0n) is 7.87. The predicted molar refractivity (Wildman–Crippen MR) is 54.9 cm³/mol. The van der Waals surface area contributed by atoms with Crippen molar-refractivity contribution in [2.24, 2.45) is 0 Å². The third-order valence-corrected chi connectivity index (χ3v) is 1.58. The fourth-order valence-electron chi connectivity index (χ4n) is 0.268. The van der Waals surface area contributed by atoms with E-state index in [2.05, 4.69) is 4.18 Å². The van der Waals surface area contributed by atoms with E-state index < -0.39 is 26.0 Å². The Morgan fingerprint density at radius 1 is 1.20 bits per heavy atom. The van der Waals surface area contributed by atoms with Gasteiger partial charge in [0.1, 0.15) is 12.4 Å². The second-order valence-electron chi connectivity index (χ2n) is 2.11. The van der Waals surface area contributed by atoms with Gasteiger partial charge in [0.15, 0.2) is 0 Å². The summed E-state index contributed by atoms with van der Waals surface area (Å²) in [6, 6.07) is 0. The van der Waals surface area contributed by atoms with Crippen molar-refractivity contribution in [1.82, 2.24) is 0 Å². The minimum atomic E-state index is -3.67. The molecular weight excluding hydrogens is 244 g/mol. The Morgan fingerprint density at radius 2 is 1.60 bits per heavy atom. The maximum Gasteiger partial charge on any atom is 0.279 e. The molecule has 86 valence electrons. The van der Waals surface area contributed by atoms with Gasteiger partial charge in [-0.2, -0.15) is 16.8 Å². The largest absolute Gasteiger partial charge is 0.286 e. The SMILES string of the molecule is C#CCOS(=O)(=O)CC#C.CS(=O)(=O)O. The molecule has 0 amide bonds. The van der Waals surface area contributed by atoms with Crippen molar-refractivity contribution in [3.63, 3.8) is 0 Å². The van der Waals surface area contributed by atoms with E-state index in [0.29, 0.717) is 6.26 Å². The van der Waals surface area contributed by atoms with Crippen LogP contribution < -0.4 is 0 Å². The lowest BCUT2D eigenvalue weighted by atomic mass is 10.8. The molecule has 0 heterocycles. The lowest BCUT2D eigenvalue weighted by Crippen LogP contribution is -2.08. The molecule has 0 rings (SSSR count). The minimum Gasteiger partial charge on any atom is -0.286 e. The Labute approximate surface area is 89.5 Å².